The molecule has 3 aliphatic carbocycles. The van der Waals surface area contributed by atoms with E-state index in [1.165, 1.54) is 24.0 Å². The van der Waals surface area contributed by atoms with Gasteiger partial charge in [-0.2, -0.15) is 0 Å². The molecule has 0 bridgehead atoms. The third-order valence-corrected chi connectivity index (χ3v) is 6.80. The van der Waals surface area contributed by atoms with Crippen LogP contribution in [0, 0.1) is 22.7 Å². The van der Waals surface area contributed by atoms with Crippen molar-refractivity contribution < 1.29 is 10.2 Å². The molecule has 1 unspecified atom stereocenters. The average Bonchev–Trinajstić information content (AvgIpc) is 2.36. The molecule has 0 heterocycles. The van der Waals surface area contributed by atoms with Gasteiger partial charge in [0.05, 0.1) is 11.9 Å². The van der Waals surface area contributed by atoms with E-state index in [2.05, 4.69) is 34.6 Å². The molecule has 1 saturated carbocycles. The first-order chi connectivity index (χ1) is 10.1. The Hall–Kier alpha value is -0.760. The molecule has 0 radical (unpaired) electrons. The Bertz CT molecular complexity index is 538. The summed E-state index contributed by atoms with van der Waals surface area (Å²) >= 11 is 0. The summed E-state index contributed by atoms with van der Waals surface area (Å²) < 4.78 is 0. The quantitative estimate of drug-likeness (QED) is 0.658. The maximum Gasteiger partial charge on any atom is 0.0961 e. The molecule has 0 saturated heterocycles. The molecule has 0 aliphatic heterocycles. The summed E-state index contributed by atoms with van der Waals surface area (Å²) in [6, 6.07) is 0. The highest BCUT2D eigenvalue weighted by atomic mass is 16.3. The fourth-order valence-electron chi connectivity index (χ4n) is 5.90. The molecule has 2 nitrogen and oxygen atoms in total. The zero-order valence-corrected chi connectivity index (χ0v) is 14.9. The van der Waals surface area contributed by atoms with Crippen molar-refractivity contribution in [3.05, 3.63) is 22.5 Å². The van der Waals surface area contributed by atoms with Gasteiger partial charge in [-0.3, -0.25) is 0 Å². The molecule has 0 aromatic carbocycles. The van der Waals surface area contributed by atoms with Crippen LogP contribution in [0.5, 0.6) is 0 Å². The lowest BCUT2D eigenvalue weighted by atomic mass is 9.48. The van der Waals surface area contributed by atoms with E-state index in [0.717, 1.165) is 25.7 Å². The predicted molar refractivity (Wildman–Crippen MR) is 90.6 cm³/mol. The molecule has 2 N–H and O–H groups in total. The fraction of sp³-hybridized carbons (Fsp3) is 0.800. The van der Waals surface area contributed by atoms with Gasteiger partial charge in [0.15, 0.2) is 0 Å². The second-order valence-corrected chi connectivity index (χ2v) is 9.12. The van der Waals surface area contributed by atoms with E-state index in [0.29, 0.717) is 17.6 Å². The molecule has 3 atom stereocenters. The summed E-state index contributed by atoms with van der Waals surface area (Å²) in [5.74, 6) is 1.65. The van der Waals surface area contributed by atoms with Crippen LogP contribution in [0.15, 0.2) is 22.5 Å². The van der Waals surface area contributed by atoms with Crippen LogP contribution in [0.4, 0.5) is 0 Å². The van der Waals surface area contributed by atoms with Gasteiger partial charge in [-0.1, -0.05) is 45.8 Å². The number of aliphatic hydroxyl groups is 2. The highest BCUT2D eigenvalue weighted by Gasteiger charge is 2.53. The van der Waals surface area contributed by atoms with Crippen molar-refractivity contribution in [2.24, 2.45) is 22.7 Å². The van der Waals surface area contributed by atoms with E-state index >= 15 is 0 Å². The standard InChI is InChI=1S/C20H32O2/c1-12(2)15-8-13-6-7-18-19(3,4)10-14(21)11-20(18,5)16(13)9-17(15)22/h12,14,18,21-22H,6-11H2,1-5H3/t14-,18?,20+/m0/s1. The first kappa shape index (κ1) is 16.1. The second-order valence-electron chi connectivity index (χ2n) is 9.12. The summed E-state index contributed by atoms with van der Waals surface area (Å²) in [4.78, 5) is 0. The summed E-state index contributed by atoms with van der Waals surface area (Å²) in [6.45, 7) is 11.4. The molecular weight excluding hydrogens is 272 g/mol. The van der Waals surface area contributed by atoms with E-state index in [-0.39, 0.29) is 16.9 Å². The summed E-state index contributed by atoms with van der Waals surface area (Å²) in [5, 5.41) is 21.0. The van der Waals surface area contributed by atoms with Crippen molar-refractivity contribution in [3.8, 4) is 0 Å². The summed E-state index contributed by atoms with van der Waals surface area (Å²) in [6.07, 6.45) is 5.66. The number of fused-ring (bicyclic) bond motifs is 2. The Morgan fingerprint density at radius 1 is 1.09 bits per heavy atom. The van der Waals surface area contributed by atoms with E-state index in [1.807, 2.05) is 0 Å². The maximum atomic E-state index is 10.6. The number of allylic oxidation sites excluding steroid dienone is 3. The molecule has 2 heteroatoms. The van der Waals surface area contributed by atoms with Gasteiger partial charge in [0.25, 0.3) is 0 Å². The predicted octanol–water partition coefficient (Wildman–Crippen LogP) is 5.14. The third kappa shape index (κ3) is 2.35. The normalized spacial score (nSPS) is 38.1. The van der Waals surface area contributed by atoms with E-state index in [1.54, 1.807) is 5.57 Å². The Labute approximate surface area is 135 Å². The highest BCUT2D eigenvalue weighted by Crippen LogP contribution is 2.62. The van der Waals surface area contributed by atoms with Crippen molar-refractivity contribution in [1.29, 1.82) is 0 Å². The lowest BCUT2D eigenvalue weighted by Gasteiger charge is -2.57. The zero-order chi connectivity index (χ0) is 16.3. The van der Waals surface area contributed by atoms with Gasteiger partial charge < -0.3 is 10.2 Å². The number of rotatable bonds is 1. The van der Waals surface area contributed by atoms with Gasteiger partial charge in [0.1, 0.15) is 0 Å². The van der Waals surface area contributed by atoms with E-state index in [9.17, 15) is 10.2 Å². The largest absolute Gasteiger partial charge is 0.512 e. The van der Waals surface area contributed by atoms with Crippen LogP contribution in [-0.4, -0.2) is 16.3 Å². The lowest BCUT2D eigenvalue weighted by Crippen LogP contribution is -2.50. The van der Waals surface area contributed by atoms with Crippen LogP contribution in [0.1, 0.15) is 73.1 Å². The molecule has 1 fully saturated rings. The zero-order valence-electron chi connectivity index (χ0n) is 14.9. The first-order valence-electron chi connectivity index (χ1n) is 8.95. The Balaban J connectivity index is 2.00. The third-order valence-electron chi connectivity index (χ3n) is 6.80. The minimum absolute atomic E-state index is 0.0608. The van der Waals surface area contributed by atoms with Gasteiger partial charge in [-0.15, -0.1) is 0 Å². The second kappa shape index (κ2) is 5.12. The van der Waals surface area contributed by atoms with Crippen LogP contribution >= 0.6 is 0 Å². The minimum atomic E-state index is -0.208. The molecule has 3 aliphatic rings. The van der Waals surface area contributed by atoms with Crippen molar-refractivity contribution in [2.45, 2.75) is 79.2 Å². The minimum Gasteiger partial charge on any atom is -0.512 e. The Morgan fingerprint density at radius 2 is 1.77 bits per heavy atom. The Morgan fingerprint density at radius 3 is 2.41 bits per heavy atom. The van der Waals surface area contributed by atoms with Crippen molar-refractivity contribution >= 4 is 0 Å². The fourth-order valence-corrected chi connectivity index (χ4v) is 5.90. The van der Waals surface area contributed by atoms with Crippen LogP contribution < -0.4 is 0 Å². The van der Waals surface area contributed by atoms with Crippen LogP contribution in [0.3, 0.4) is 0 Å². The van der Waals surface area contributed by atoms with Crippen LogP contribution in [-0.2, 0) is 0 Å². The molecule has 0 amide bonds. The molecule has 3 rings (SSSR count). The van der Waals surface area contributed by atoms with Gasteiger partial charge >= 0.3 is 0 Å². The topological polar surface area (TPSA) is 40.5 Å². The Kier molecular flexibility index (Phi) is 3.75. The molecule has 22 heavy (non-hydrogen) atoms. The highest BCUT2D eigenvalue weighted by molar-refractivity contribution is 5.39. The van der Waals surface area contributed by atoms with Crippen molar-refractivity contribution in [2.75, 3.05) is 0 Å². The number of hydrogen-bond donors (Lipinski definition) is 2. The van der Waals surface area contributed by atoms with E-state index in [4.69, 9.17) is 0 Å². The molecular formula is C20H32O2. The van der Waals surface area contributed by atoms with Crippen LogP contribution in [0.2, 0.25) is 0 Å². The first-order valence-corrected chi connectivity index (χ1v) is 8.95. The molecule has 0 spiro atoms. The summed E-state index contributed by atoms with van der Waals surface area (Å²) in [7, 11) is 0. The SMILES string of the molecule is CC(C)C1=C(O)CC2=C(CCC3C(C)(C)C[C@H](O)C[C@]23C)C1. The van der Waals surface area contributed by atoms with Crippen molar-refractivity contribution in [3.63, 3.8) is 0 Å². The smallest absolute Gasteiger partial charge is 0.0961 e. The van der Waals surface area contributed by atoms with Gasteiger partial charge in [0.2, 0.25) is 0 Å². The van der Waals surface area contributed by atoms with Gasteiger partial charge in [0, 0.05) is 6.42 Å². The van der Waals surface area contributed by atoms with E-state index < -0.39 is 0 Å². The average molecular weight is 304 g/mol. The van der Waals surface area contributed by atoms with Crippen molar-refractivity contribution in [1.82, 2.24) is 0 Å². The summed E-state index contributed by atoms with van der Waals surface area (Å²) in [5.41, 5.74) is 4.49. The van der Waals surface area contributed by atoms with Crippen LogP contribution in [0.25, 0.3) is 0 Å². The molecule has 0 aromatic rings. The van der Waals surface area contributed by atoms with Gasteiger partial charge in [-0.25, -0.2) is 0 Å². The maximum absolute atomic E-state index is 10.6. The lowest BCUT2D eigenvalue weighted by molar-refractivity contribution is -0.0607. The molecule has 0 aromatic heterocycles. The number of aliphatic hydroxyl groups excluding tert-OH is 2. The monoisotopic (exact) mass is 304 g/mol. The molecule has 124 valence electrons. The van der Waals surface area contributed by atoms with Gasteiger partial charge in [-0.05, 0) is 60.3 Å². The number of hydrogen-bond acceptors (Lipinski definition) is 2.